The molecule has 2 rings (SSSR count). The lowest BCUT2D eigenvalue weighted by Gasteiger charge is -2.30. The largest absolute Gasteiger partial charge is 0.385 e. The minimum atomic E-state index is 0. The van der Waals surface area contributed by atoms with E-state index >= 15 is 0 Å². The molecule has 0 bridgehead atoms. The Morgan fingerprint density at radius 3 is 2.67 bits per heavy atom. The Morgan fingerprint density at radius 1 is 1.30 bits per heavy atom. The van der Waals surface area contributed by atoms with E-state index in [1.807, 2.05) is 31.3 Å². The van der Waals surface area contributed by atoms with E-state index in [-0.39, 0.29) is 24.0 Å². The molecule has 1 aliphatic rings. The van der Waals surface area contributed by atoms with Crippen LogP contribution in [0.5, 0.6) is 0 Å². The molecule has 1 aromatic heterocycles. The van der Waals surface area contributed by atoms with E-state index in [1.54, 1.807) is 7.11 Å². The molecular weight excluding hydrogens is 453 g/mol. The van der Waals surface area contributed by atoms with Gasteiger partial charge in [0.25, 0.3) is 0 Å². The maximum absolute atomic E-state index is 5.34. The summed E-state index contributed by atoms with van der Waals surface area (Å²) in [5.41, 5.74) is 1.51. The van der Waals surface area contributed by atoms with Gasteiger partial charge in [-0.2, -0.15) is 0 Å². The minimum absolute atomic E-state index is 0. The summed E-state index contributed by atoms with van der Waals surface area (Å²) >= 11 is 0. The highest BCUT2D eigenvalue weighted by molar-refractivity contribution is 14.0. The molecule has 0 unspecified atom stereocenters. The molecule has 6 nitrogen and oxygen atoms in total. The van der Waals surface area contributed by atoms with E-state index in [4.69, 9.17) is 9.73 Å². The lowest BCUT2D eigenvalue weighted by molar-refractivity contribution is 0.138. The number of hydrogen-bond donors (Lipinski definition) is 2. The number of nitrogens with zero attached hydrogens (tertiary/aromatic N) is 3. The zero-order chi connectivity index (χ0) is 18.8. The average molecular weight is 489 g/mol. The van der Waals surface area contributed by atoms with Gasteiger partial charge >= 0.3 is 0 Å². The number of anilines is 1. The van der Waals surface area contributed by atoms with Crippen LogP contribution >= 0.6 is 24.0 Å². The van der Waals surface area contributed by atoms with Crippen molar-refractivity contribution in [2.75, 3.05) is 45.8 Å². The van der Waals surface area contributed by atoms with Gasteiger partial charge in [-0.25, -0.2) is 9.98 Å². The first kappa shape index (κ1) is 23.9. The summed E-state index contributed by atoms with van der Waals surface area (Å²) in [5.74, 6) is 1.85. The number of halogens is 1. The molecule has 0 spiro atoms. The van der Waals surface area contributed by atoms with Crippen LogP contribution in [0.2, 0.25) is 0 Å². The van der Waals surface area contributed by atoms with Crippen molar-refractivity contribution in [3.63, 3.8) is 0 Å². The normalized spacial score (nSPS) is 15.9. The van der Waals surface area contributed by atoms with E-state index in [9.17, 15) is 0 Å². The van der Waals surface area contributed by atoms with E-state index in [1.165, 1.54) is 25.7 Å². The lowest BCUT2D eigenvalue weighted by atomic mass is 9.83. The summed E-state index contributed by atoms with van der Waals surface area (Å²) in [6.07, 6.45) is 8.16. The Kier molecular flexibility index (Phi) is 11.0. The quantitative estimate of drug-likeness (QED) is 0.316. The number of ether oxygens (including phenoxy) is 1. The van der Waals surface area contributed by atoms with Gasteiger partial charge in [0, 0.05) is 47.1 Å². The highest BCUT2D eigenvalue weighted by Crippen LogP contribution is 2.40. The number of guanidine groups is 1. The fraction of sp³-hybridized carbons (Fsp3) is 0.700. The smallest absolute Gasteiger partial charge is 0.191 e. The number of hydrogen-bond acceptors (Lipinski definition) is 4. The Morgan fingerprint density at radius 2 is 2.04 bits per heavy atom. The summed E-state index contributed by atoms with van der Waals surface area (Å²) in [6, 6.07) is 4.11. The lowest BCUT2D eigenvalue weighted by Crippen LogP contribution is -2.43. The van der Waals surface area contributed by atoms with Crippen molar-refractivity contribution in [2.45, 2.75) is 45.6 Å². The van der Waals surface area contributed by atoms with Crippen molar-refractivity contribution in [3.05, 3.63) is 23.9 Å². The van der Waals surface area contributed by atoms with Gasteiger partial charge in [-0.15, -0.1) is 24.0 Å². The first-order valence-corrected chi connectivity index (χ1v) is 9.72. The minimum Gasteiger partial charge on any atom is -0.385 e. The van der Waals surface area contributed by atoms with Crippen molar-refractivity contribution in [1.29, 1.82) is 0 Å². The highest BCUT2D eigenvalue weighted by Gasteiger charge is 2.33. The molecule has 0 saturated heterocycles. The molecule has 1 fully saturated rings. The molecule has 0 aliphatic heterocycles. The number of nitrogens with one attached hydrogen (secondary N) is 2. The van der Waals surface area contributed by atoms with E-state index in [0.717, 1.165) is 43.5 Å². The first-order valence-electron chi connectivity index (χ1n) is 9.72. The third-order valence-corrected chi connectivity index (χ3v) is 5.16. The van der Waals surface area contributed by atoms with E-state index < -0.39 is 0 Å². The van der Waals surface area contributed by atoms with Crippen LogP contribution in [0.1, 0.15) is 44.6 Å². The summed E-state index contributed by atoms with van der Waals surface area (Å²) < 4.78 is 5.34. The van der Waals surface area contributed by atoms with Crippen molar-refractivity contribution in [2.24, 2.45) is 10.4 Å². The fourth-order valence-electron chi connectivity index (χ4n) is 3.55. The van der Waals surface area contributed by atoms with Crippen LogP contribution in [0, 0.1) is 5.41 Å². The SMILES string of the molecule is CCNC(=NCc1ccnc(N(C)C)c1)NCC1(CCOC)CCCC1.I. The zero-order valence-electron chi connectivity index (χ0n) is 17.3. The molecule has 1 aliphatic carbocycles. The Labute approximate surface area is 181 Å². The van der Waals surface area contributed by atoms with Crippen LogP contribution < -0.4 is 15.5 Å². The molecule has 2 N–H and O–H groups in total. The number of aromatic nitrogens is 1. The van der Waals surface area contributed by atoms with E-state index in [0.29, 0.717) is 12.0 Å². The van der Waals surface area contributed by atoms with Crippen molar-refractivity contribution in [1.82, 2.24) is 15.6 Å². The summed E-state index contributed by atoms with van der Waals surface area (Å²) in [6.45, 7) is 5.39. The molecule has 154 valence electrons. The van der Waals surface area contributed by atoms with Gasteiger partial charge in [0.1, 0.15) is 5.82 Å². The summed E-state index contributed by atoms with van der Waals surface area (Å²) in [4.78, 5) is 11.1. The molecule has 0 aromatic carbocycles. The number of pyridine rings is 1. The summed E-state index contributed by atoms with van der Waals surface area (Å²) in [5, 5.41) is 6.95. The maximum atomic E-state index is 5.34. The van der Waals surface area contributed by atoms with Crippen LogP contribution in [0.25, 0.3) is 0 Å². The monoisotopic (exact) mass is 489 g/mol. The van der Waals surface area contributed by atoms with Crippen molar-refractivity contribution in [3.8, 4) is 0 Å². The second-order valence-electron chi connectivity index (χ2n) is 7.42. The average Bonchev–Trinajstić information content (AvgIpc) is 3.12. The molecular formula is C20H36IN5O. The number of rotatable bonds is 9. The van der Waals surface area contributed by atoms with Gasteiger partial charge < -0.3 is 20.3 Å². The Bertz CT molecular complexity index is 573. The molecule has 1 aromatic rings. The Balaban J connectivity index is 0.00000364. The van der Waals surface area contributed by atoms with Crippen LogP contribution in [0.3, 0.4) is 0 Å². The molecule has 1 saturated carbocycles. The van der Waals surface area contributed by atoms with Gasteiger partial charge in [0.05, 0.1) is 6.54 Å². The standard InChI is InChI=1S/C20H35N5O.HI/c1-5-21-19(23-15-17-8-12-22-18(14-17)25(2)3)24-16-20(11-13-26-4)9-6-7-10-20;/h8,12,14H,5-7,9-11,13,15-16H2,1-4H3,(H2,21,23,24);1H. The topological polar surface area (TPSA) is 61.8 Å². The van der Waals surface area contributed by atoms with Gasteiger partial charge in [-0.3, -0.25) is 0 Å². The third-order valence-electron chi connectivity index (χ3n) is 5.16. The van der Waals surface area contributed by atoms with Crippen LogP contribution in [0.4, 0.5) is 5.82 Å². The van der Waals surface area contributed by atoms with Gasteiger partial charge in [0.2, 0.25) is 0 Å². The molecule has 7 heteroatoms. The molecule has 0 atom stereocenters. The van der Waals surface area contributed by atoms with Gasteiger partial charge in [-0.05, 0) is 49.3 Å². The van der Waals surface area contributed by atoms with Gasteiger partial charge in [-0.1, -0.05) is 12.8 Å². The summed E-state index contributed by atoms with van der Waals surface area (Å²) in [7, 11) is 5.79. The van der Waals surface area contributed by atoms with Crippen molar-refractivity contribution < 1.29 is 4.74 Å². The number of methoxy groups -OCH3 is 1. The molecule has 0 amide bonds. The van der Waals surface area contributed by atoms with Crippen molar-refractivity contribution >= 4 is 35.8 Å². The molecule has 1 heterocycles. The predicted molar refractivity (Wildman–Crippen MR) is 124 cm³/mol. The van der Waals surface area contributed by atoms with Gasteiger partial charge in [0.15, 0.2) is 5.96 Å². The fourth-order valence-corrected chi connectivity index (χ4v) is 3.55. The van der Waals surface area contributed by atoms with Crippen LogP contribution in [-0.2, 0) is 11.3 Å². The van der Waals surface area contributed by atoms with Crippen LogP contribution in [0.15, 0.2) is 23.3 Å². The van der Waals surface area contributed by atoms with Crippen LogP contribution in [-0.4, -0.2) is 51.8 Å². The van der Waals surface area contributed by atoms with E-state index in [2.05, 4.69) is 28.6 Å². The highest BCUT2D eigenvalue weighted by atomic mass is 127. The predicted octanol–water partition coefficient (Wildman–Crippen LogP) is 3.42. The third kappa shape index (κ3) is 7.81. The first-order chi connectivity index (χ1) is 12.6. The zero-order valence-corrected chi connectivity index (χ0v) is 19.6. The number of aliphatic imine (C=N–C) groups is 1. The second kappa shape index (κ2) is 12.4. The maximum Gasteiger partial charge on any atom is 0.191 e. The Hall–Kier alpha value is -1.09. The second-order valence-corrected chi connectivity index (χ2v) is 7.42. The molecule has 27 heavy (non-hydrogen) atoms. The molecule has 0 radical (unpaired) electrons.